The van der Waals surface area contributed by atoms with Gasteiger partial charge in [-0.2, -0.15) is 0 Å². The summed E-state index contributed by atoms with van der Waals surface area (Å²) in [5.41, 5.74) is 4.62. The molecule has 0 bridgehead atoms. The van der Waals surface area contributed by atoms with Crippen LogP contribution in [0.4, 0.5) is 4.79 Å². The molecular formula is C13H28N2O3. The van der Waals surface area contributed by atoms with Crippen LogP contribution in [0.15, 0.2) is 0 Å². The lowest BCUT2D eigenvalue weighted by Gasteiger charge is -2.38. The summed E-state index contributed by atoms with van der Waals surface area (Å²) in [6, 6.07) is -0.234. The van der Waals surface area contributed by atoms with Gasteiger partial charge in [-0.1, -0.05) is 20.8 Å². The molecule has 1 amide bonds. The van der Waals surface area contributed by atoms with E-state index in [1.54, 1.807) is 0 Å². The number of aliphatic hydroxyl groups is 1. The van der Waals surface area contributed by atoms with Crippen molar-refractivity contribution in [3.63, 3.8) is 0 Å². The molecule has 2 unspecified atom stereocenters. The Kier molecular flexibility index (Phi) is 6.10. The van der Waals surface area contributed by atoms with Crippen molar-refractivity contribution in [1.82, 2.24) is 5.32 Å². The van der Waals surface area contributed by atoms with E-state index >= 15 is 0 Å². The highest BCUT2D eigenvalue weighted by Gasteiger charge is 2.36. The van der Waals surface area contributed by atoms with Crippen molar-refractivity contribution in [2.45, 2.75) is 53.2 Å². The average Bonchev–Trinajstić information content (AvgIpc) is 2.22. The van der Waals surface area contributed by atoms with Gasteiger partial charge in [-0.25, -0.2) is 4.79 Å². The molecule has 108 valence electrons. The van der Waals surface area contributed by atoms with Crippen molar-refractivity contribution < 1.29 is 14.6 Å². The van der Waals surface area contributed by atoms with Gasteiger partial charge in [0.1, 0.15) is 5.60 Å². The van der Waals surface area contributed by atoms with Gasteiger partial charge in [0.15, 0.2) is 0 Å². The maximum atomic E-state index is 11.8. The highest BCUT2D eigenvalue weighted by atomic mass is 16.6. The Bertz CT molecular complexity index is 268. The van der Waals surface area contributed by atoms with E-state index in [9.17, 15) is 9.90 Å². The summed E-state index contributed by atoms with van der Waals surface area (Å²) in [7, 11) is 0. The molecule has 0 aliphatic rings. The molecule has 0 heterocycles. The minimum Gasteiger partial charge on any atom is -0.444 e. The minimum absolute atomic E-state index is 0.0812. The van der Waals surface area contributed by atoms with Crippen molar-refractivity contribution in [1.29, 1.82) is 0 Å². The second-order valence-corrected chi connectivity index (χ2v) is 6.38. The summed E-state index contributed by atoms with van der Waals surface area (Å²) >= 11 is 0. The lowest BCUT2D eigenvalue weighted by Crippen LogP contribution is -2.55. The molecule has 18 heavy (non-hydrogen) atoms. The Labute approximate surface area is 110 Å². The predicted octanol–water partition coefficient (Wildman–Crippen LogP) is 1.49. The quantitative estimate of drug-likeness (QED) is 0.699. The van der Waals surface area contributed by atoms with Gasteiger partial charge in [0.05, 0.1) is 6.61 Å². The van der Waals surface area contributed by atoms with Gasteiger partial charge in [0, 0.05) is 18.0 Å². The van der Waals surface area contributed by atoms with Gasteiger partial charge >= 0.3 is 6.09 Å². The standard InChI is InChI=1S/C13H28N2O3/c1-9(2)10(13(6,7-14)8-16)15-11(17)18-12(3,4)5/h9-10,16H,7-8,14H2,1-6H3,(H,15,17). The second kappa shape index (κ2) is 6.38. The molecule has 0 aromatic carbocycles. The number of carbonyl (C=O) groups is 1. The van der Waals surface area contributed by atoms with E-state index in [0.717, 1.165) is 0 Å². The van der Waals surface area contributed by atoms with Crippen molar-refractivity contribution in [2.75, 3.05) is 13.2 Å². The largest absolute Gasteiger partial charge is 0.444 e. The molecule has 0 aliphatic heterocycles. The molecule has 5 heteroatoms. The van der Waals surface area contributed by atoms with E-state index in [2.05, 4.69) is 5.32 Å². The van der Waals surface area contributed by atoms with Crippen LogP contribution in [0.2, 0.25) is 0 Å². The normalized spacial score (nSPS) is 17.2. The highest BCUT2D eigenvalue weighted by Crippen LogP contribution is 2.25. The first-order valence-corrected chi connectivity index (χ1v) is 6.36. The van der Waals surface area contributed by atoms with Crippen LogP contribution < -0.4 is 11.1 Å². The van der Waals surface area contributed by atoms with Crippen molar-refractivity contribution in [2.24, 2.45) is 17.1 Å². The summed E-state index contributed by atoms with van der Waals surface area (Å²) in [6.07, 6.45) is -0.477. The molecule has 0 spiro atoms. The monoisotopic (exact) mass is 260 g/mol. The predicted molar refractivity (Wildman–Crippen MR) is 72.2 cm³/mol. The smallest absolute Gasteiger partial charge is 0.407 e. The highest BCUT2D eigenvalue weighted by molar-refractivity contribution is 5.68. The molecule has 0 fully saturated rings. The first-order chi connectivity index (χ1) is 8.05. The fourth-order valence-electron chi connectivity index (χ4n) is 1.87. The number of carbonyl (C=O) groups excluding carboxylic acids is 1. The molecule has 4 N–H and O–H groups in total. The lowest BCUT2D eigenvalue weighted by molar-refractivity contribution is 0.0334. The lowest BCUT2D eigenvalue weighted by atomic mass is 9.77. The maximum Gasteiger partial charge on any atom is 0.407 e. The number of aliphatic hydroxyl groups excluding tert-OH is 1. The van der Waals surface area contributed by atoms with Crippen molar-refractivity contribution in [3.8, 4) is 0 Å². The van der Waals surface area contributed by atoms with Gasteiger partial charge in [0.2, 0.25) is 0 Å². The van der Waals surface area contributed by atoms with Crippen LogP contribution in [-0.2, 0) is 4.74 Å². The molecule has 0 rings (SSSR count). The van der Waals surface area contributed by atoms with Crippen LogP contribution in [0, 0.1) is 11.3 Å². The topological polar surface area (TPSA) is 84.6 Å². The summed E-state index contributed by atoms with van der Waals surface area (Å²) in [4.78, 5) is 11.8. The van der Waals surface area contributed by atoms with Crippen LogP contribution >= 0.6 is 0 Å². The van der Waals surface area contributed by atoms with Crippen LogP contribution in [-0.4, -0.2) is 36.0 Å². The summed E-state index contributed by atoms with van der Waals surface area (Å²) in [5.74, 6) is 0.151. The van der Waals surface area contributed by atoms with E-state index in [4.69, 9.17) is 10.5 Å². The molecule has 2 atom stereocenters. The molecule has 0 aromatic rings. The number of rotatable bonds is 5. The average molecular weight is 260 g/mol. The van der Waals surface area contributed by atoms with E-state index in [1.165, 1.54) is 0 Å². The zero-order valence-electron chi connectivity index (χ0n) is 12.4. The number of hydrogen-bond donors (Lipinski definition) is 3. The fraction of sp³-hybridized carbons (Fsp3) is 0.923. The van der Waals surface area contributed by atoms with Crippen LogP contribution in [0.25, 0.3) is 0 Å². The van der Waals surface area contributed by atoms with E-state index in [1.807, 2.05) is 41.5 Å². The summed E-state index contributed by atoms with van der Waals surface area (Å²) in [5, 5.41) is 12.3. The second-order valence-electron chi connectivity index (χ2n) is 6.38. The van der Waals surface area contributed by atoms with Gasteiger partial charge in [0.25, 0.3) is 0 Å². The van der Waals surface area contributed by atoms with Crippen LogP contribution in [0.3, 0.4) is 0 Å². The minimum atomic E-state index is -0.551. The van der Waals surface area contributed by atoms with E-state index < -0.39 is 17.1 Å². The Morgan fingerprint density at radius 2 is 1.83 bits per heavy atom. The third kappa shape index (κ3) is 5.23. The Morgan fingerprint density at radius 1 is 1.33 bits per heavy atom. The Hall–Kier alpha value is -0.810. The SMILES string of the molecule is CC(C)C(NC(=O)OC(C)(C)C)C(C)(CN)CO. The van der Waals surface area contributed by atoms with E-state index in [-0.39, 0.29) is 18.6 Å². The Balaban J connectivity index is 4.80. The molecule has 5 nitrogen and oxygen atoms in total. The first kappa shape index (κ1) is 17.2. The molecular weight excluding hydrogens is 232 g/mol. The number of nitrogens with one attached hydrogen (secondary N) is 1. The van der Waals surface area contributed by atoms with Crippen molar-refractivity contribution >= 4 is 6.09 Å². The third-order valence-electron chi connectivity index (χ3n) is 2.92. The zero-order chi connectivity index (χ0) is 14.6. The first-order valence-electron chi connectivity index (χ1n) is 6.36. The van der Waals surface area contributed by atoms with Crippen LogP contribution in [0.5, 0.6) is 0 Å². The van der Waals surface area contributed by atoms with Crippen LogP contribution in [0.1, 0.15) is 41.5 Å². The van der Waals surface area contributed by atoms with Gasteiger partial charge in [-0.15, -0.1) is 0 Å². The van der Waals surface area contributed by atoms with Gasteiger partial charge < -0.3 is 20.9 Å². The molecule has 0 radical (unpaired) electrons. The zero-order valence-corrected chi connectivity index (χ0v) is 12.4. The Morgan fingerprint density at radius 3 is 2.11 bits per heavy atom. The number of ether oxygens (including phenoxy) is 1. The van der Waals surface area contributed by atoms with Crippen molar-refractivity contribution in [3.05, 3.63) is 0 Å². The molecule has 0 saturated carbocycles. The summed E-state index contributed by atoms with van der Waals surface area (Å²) in [6.45, 7) is 11.5. The third-order valence-corrected chi connectivity index (χ3v) is 2.92. The fourth-order valence-corrected chi connectivity index (χ4v) is 1.87. The molecule has 0 aromatic heterocycles. The molecule has 0 saturated heterocycles. The molecule has 0 aliphatic carbocycles. The van der Waals surface area contributed by atoms with Gasteiger partial charge in [-0.3, -0.25) is 0 Å². The summed E-state index contributed by atoms with van der Waals surface area (Å²) < 4.78 is 5.23. The van der Waals surface area contributed by atoms with Gasteiger partial charge in [-0.05, 0) is 26.7 Å². The number of hydrogen-bond acceptors (Lipinski definition) is 4. The number of alkyl carbamates (subject to hydrolysis) is 1. The number of nitrogens with two attached hydrogens (primary N) is 1. The maximum absolute atomic E-state index is 11.8. The van der Waals surface area contributed by atoms with E-state index in [0.29, 0.717) is 6.54 Å². The number of amides is 1.